The van der Waals surface area contributed by atoms with Gasteiger partial charge in [0.05, 0.1) is 20.1 Å². The summed E-state index contributed by atoms with van der Waals surface area (Å²) in [6.07, 6.45) is 1.92. The Morgan fingerprint density at radius 2 is 1.74 bits per heavy atom. The summed E-state index contributed by atoms with van der Waals surface area (Å²) < 4.78 is 6.14. The second kappa shape index (κ2) is 9.65. The van der Waals surface area contributed by atoms with Crippen LogP contribution in [0, 0.1) is 5.92 Å². The molecule has 3 aliphatic rings. The summed E-state index contributed by atoms with van der Waals surface area (Å²) in [6, 6.07) is 10.6. The highest BCUT2D eigenvalue weighted by Gasteiger charge is 2.49. The van der Waals surface area contributed by atoms with E-state index in [2.05, 4.69) is 40.1 Å². The lowest BCUT2D eigenvalue weighted by Gasteiger charge is -2.36. The first-order valence-corrected chi connectivity index (χ1v) is 11.4. The van der Waals surface area contributed by atoms with E-state index >= 15 is 0 Å². The number of hydrogen-bond acceptors (Lipinski definition) is 6. The number of carbonyl (C=O) groups excluding carboxylic acids is 1. The third-order valence-electron chi connectivity index (χ3n) is 7.03. The fourth-order valence-corrected chi connectivity index (χ4v) is 5.18. The zero-order chi connectivity index (χ0) is 21.8. The van der Waals surface area contributed by atoms with Crippen molar-refractivity contribution in [2.45, 2.75) is 25.6 Å². The lowest BCUT2D eigenvalue weighted by Crippen LogP contribution is -2.54. The van der Waals surface area contributed by atoms with E-state index in [1.54, 1.807) is 0 Å². The van der Waals surface area contributed by atoms with Crippen LogP contribution < -0.4 is 0 Å². The number of hydrogen-bond donors (Lipinski definition) is 1. The maximum absolute atomic E-state index is 12.8. The van der Waals surface area contributed by atoms with Crippen LogP contribution in [0.4, 0.5) is 4.79 Å². The van der Waals surface area contributed by atoms with Crippen molar-refractivity contribution < 1.29 is 23.9 Å². The highest BCUT2D eigenvalue weighted by Crippen LogP contribution is 2.28. The molecule has 3 heterocycles. The number of carbonyl (C=O) groups is 2. The SMILES string of the molecule is C[N+]1(CC2CCN(Cc3ccccc3)CC2)CC(N2CCN(CC(=O)O)CC2)OC1=O. The maximum atomic E-state index is 12.8. The Bertz CT molecular complexity index is 760. The third kappa shape index (κ3) is 5.63. The Morgan fingerprint density at radius 1 is 1.06 bits per heavy atom. The van der Waals surface area contributed by atoms with E-state index < -0.39 is 5.97 Å². The molecular weight excluding hydrogens is 396 g/mol. The lowest BCUT2D eigenvalue weighted by molar-refractivity contribution is -0.828. The summed E-state index contributed by atoms with van der Waals surface area (Å²) in [5.74, 6) is -0.254. The van der Waals surface area contributed by atoms with Gasteiger partial charge >= 0.3 is 12.1 Å². The minimum absolute atomic E-state index is 0.0784. The average molecular weight is 432 g/mol. The van der Waals surface area contributed by atoms with Gasteiger partial charge in [-0.1, -0.05) is 30.3 Å². The van der Waals surface area contributed by atoms with Crippen LogP contribution in [-0.4, -0.2) is 109 Å². The van der Waals surface area contributed by atoms with Crippen molar-refractivity contribution in [2.24, 2.45) is 5.92 Å². The number of amides is 1. The van der Waals surface area contributed by atoms with Gasteiger partial charge < -0.3 is 9.84 Å². The Kier molecular flexibility index (Phi) is 6.91. The first-order valence-electron chi connectivity index (χ1n) is 11.4. The quantitative estimate of drug-likeness (QED) is 0.656. The highest BCUT2D eigenvalue weighted by molar-refractivity contribution is 5.69. The van der Waals surface area contributed by atoms with Gasteiger partial charge in [0, 0.05) is 38.6 Å². The van der Waals surface area contributed by atoms with Crippen LogP contribution in [0.3, 0.4) is 0 Å². The predicted octanol–water partition coefficient (Wildman–Crippen LogP) is 1.52. The van der Waals surface area contributed by atoms with Crippen LogP contribution in [0.2, 0.25) is 0 Å². The number of benzene rings is 1. The van der Waals surface area contributed by atoms with Crippen LogP contribution in [0.15, 0.2) is 30.3 Å². The van der Waals surface area contributed by atoms with Gasteiger partial charge in [-0.25, -0.2) is 4.48 Å². The number of cyclic esters (lactones) is 1. The summed E-state index contributed by atoms with van der Waals surface area (Å²) in [7, 11) is 2.01. The van der Waals surface area contributed by atoms with Crippen molar-refractivity contribution in [3.8, 4) is 0 Å². The molecule has 170 valence electrons. The number of rotatable bonds is 7. The normalized spacial score (nSPS) is 29.2. The molecular formula is C23H35N4O4+. The minimum Gasteiger partial charge on any atom is -0.480 e. The number of likely N-dealkylation sites (tertiary alicyclic amines) is 1. The zero-order valence-electron chi connectivity index (χ0n) is 18.5. The molecule has 1 aromatic carbocycles. The molecule has 2 unspecified atom stereocenters. The molecule has 31 heavy (non-hydrogen) atoms. The molecule has 0 aliphatic carbocycles. The lowest BCUT2D eigenvalue weighted by atomic mass is 9.95. The molecule has 8 nitrogen and oxygen atoms in total. The van der Waals surface area contributed by atoms with Gasteiger partial charge in [0.2, 0.25) is 6.23 Å². The standard InChI is InChI=1S/C23H34N4O4/c1-27(17-20-7-9-24(10-8-20)15-19-5-3-2-4-6-19)18-21(31-23(27)30)26-13-11-25(12-14-26)16-22(28)29/h2-6,20-21H,7-18H2,1H3/p+1. The van der Waals surface area contributed by atoms with E-state index in [9.17, 15) is 9.59 Å². The van der Waals surface area contributed by atoms with Crippen molar-refractivity contribution in [2.75, 3.05) is 66.0 Å². The van der Waals surface area contributed by atoms with Crippen molar-refractivity contribution in [1.29, 1.82) is 0 Å². The number of nitrogens with zero attached hydrogens (tertiary/aromatic N) is 4. The molecule has 1 aromatic rings. The van der Waals surface area contributed by atoms with Gasteiger partial charge in [-0.05, 0) is 31.5 Å². The number of likely N-dealkylation sites (N-methyl/N-ethyl adjacent to an activating group) is 1. The van der Waals surface area contributed by atoms with Gasteiger partial charge in [0.15, 0.2) is 0 Å². The third-order valence-corrected chi connectivity index (χ3v) is 7.03. The second-order valence-corrected chi connectivity index (χ2v) is 9.51. The van der Waals surface area contributed by atoms with E-state index in [-0.39, 0.29) is 18.9 Å². The molecule has 2 atom stereocenters. The minimum atomic E-state index is -0.792. The average Bonchev–Trinajstić information content (AvgIpc) is 3.04. The smallest absolute Gasteiger partial charge is 0.480 e. The Morgan fingerprint density at radius 3 is 2.39 bits per heavy atom. The van der Waals surface area contributed by atoms with Crippen molar-refractivity contribution in [3.63, 3.8) is 0 Å². The van der Waals surface area contributed by atoms with Crippen LogP contribution in [0.1, 0.15) is 18.4 Å². The molecule has 3 aliphatic heterocycles. The zero-order valence-corrected chi connectivity index (χ0v) is 18.5. The number of carboxylic acids is 1. The number of carboxylic acid groups (broad SMARTS) is 1. The van der Waals surface area contributed by atoms with Crippen LogP contribution >= 0.6 is 0 Å². The molecule has 0 saturated carbocycles. The topological polar surface area (TPSA) is 73.3 Å². The summed E-state index contributed by atoms with van der Waals surface area (Å²) in [6.45, 7) is 7.62. The summed E-state index contributed by atoms with van der Waals surface area (Å²) in [4.78, 5) is 30.3. The monoisotopic (exact) mass is 431 g/mol. The van der Waals surface area contributed by atoms with Crippen LogP contribution in [-0.2, 0) is 16.1 Å². The molecule has 4 rings (SSSR count). The molecule has 8 heteroatoms. The molecule has 0 aromatic heterocycles. The van der Waals surface area contributed by atoms with Crippen molar-refractivity contribution in [1.82, 2.24) is 14.7 Å². The molecule has 0 spiro atoms. The van der Waals surface area contributed by atoms with E-state index in [1.165, 1.54) is 5.56 Å². The fourth-order valence-electron chi connectivity index (χ4n) is 5.18. The first-order chi connectivity index (χ1) is 14.9. The van der Waals surface area contributed by atoms with E-state index in [4.69, 9.17) is 9.84 Å². The van der Waals surface area contributed by atoms with Gasteiger partial charge in [-0.3, -0.25) is 19.5 Å². The van der Waals surface area contributed by atoms with E-state index in [1.807, 2.05) is 11.9 Å². The molecule has 1 amide bonds. The predicted molar refractivity (Wildman–Crippen MR) is 116 cm³/mol. The van der Waals surface area contributed by atoms with Crippen molar-refractivity contribution in [3.05, 3.63) is 35.9 Å². The summed E-state index contributed by atoms with van der Waals surface area (Å²) in [5.41, 5.74) is 1.36. The van der Waals surface area contributed by atoms with Crippen LogP contribution in [0.5, 0.6) is 0 Å². The van der Waals surface area contributed by atoms with E-state index in [0.717, 1.165) is 52.1 Å². The van der Waals surface area contributed by atoms with Gasteiger partial charge in [0.1, 0.15) is 6.54 Å². The number of piperazine rings is 1. The highest BCUT2D eigenvalue weighted by atomic mass is 16.6. The second-order valence-electron chi connectivity index (χ2n) is 9.51. The Balaban J connectivity index is 1.24. The Hall–Kier alpha value is -2.00. The van der Waals surface area contributed by atoms with E-state index in [0.29, 0.717) is 30.0 Å². The molecule has 0 radical (unpaired) electrons. The van der Waals surface area contributed by atoms with Crippen LogP contribution in [0.25, 0.3) is 0 Å². The van der Waals surface area contributed by atoms with Gasteiger partial charge in [0.25, 0.3) is 0 Å². The Labute approximate surface area is 184 Å². The summed E-state index contributed by atoms with van der Waals surface area (Å²) >= 11 is 0. The maximum Gasteiger partial charge on any atom is 0.517 e. The number of ether oxygens (including phenoxy) is 1. The summed E-state index contributed by atoms with van der Waals surface area (Å²) in [5, 5.41) is 8.96. The number of aliphatic carboxylic acids is 1. The fraction of sp³-hybridized carbons (Fsp3) is 0.652. The number of quaternary nitrogens is 1. The molecule has 0 bridgehead atoms. The van der Waals surface area contributed by atoms with Gasteiger partial charge in [-0.2, -0.15) is 4.79 Å². The molecule has 3 saturated heterocycles. The molecule has 3 fully saturated rings. The largest absolute Gasteiger partial charge is 0.517 e. The van der Waals surface area contributed by atoms with Crippen molar-refractivity contribution >= 4 is 12.1 Å². The number of piperidine rings is 1. The first kappa shape index (κ1) is 22.2. The van der Waals surface area contributed by atoms with Gasteiger partial charge in [-0.15, -0.1) is 0 Å². The molecule has 1 N–H and O–H groups in total.